The quantitative estimate of drug-likeness (QED) is 0.647. The maximum Gasteiger partial charge on any atom is 0.325 e. The molecule has 9 nitrogen and oxygen atoms in total. The predicted molar refractivity (Wildman–Crippen MR) is 112 cm³/mol. The lowest BCUT2D eigenvalue weighted by atomic mass is 9.97. The van der Waals surface area contributed by atoms with Gasteiger partial charge < -0.3 is 19.7 Å². The standard InChI is InChI=1S/C22H26N4O5/c1-5-25(13-15-9-10-16(30-3)17(12-15)31-4)19(27)14-26-20(28)22(2,24-21(26)29)18-8-6-7-11-23-18/h6-12H,5,13-14H2,1-4H3,(H,24,29). The van der Waals surface area contributed by atoms with Crippen molar-refractivity contribution in [3.63, 3.8) is 0 Å². The molecule has 0 aliphatic carbocycles. The molecule has 1 aromatic heterocycles. The van der Waals surface area contributed by atoms with E-state index in [9.17, 15) is 14.4 Å². The van der Waals surface area contributed by atoms with E-state index in [1.807, 2.05) is 13.0 Å². The van der Waals surface area contributed by atoms with Crippen LogP contribution in [0.15, 0.2) is 42.6 Å². The van der Waals surface area contributed by atoms with Crippen LogP contribution >= 0.6 is 0 Å². The molecule has 1 aromatic carbocycles. The van der Waals surface area contributed by atoms with E-state index in [4.69, 9.17) is 9.47 Å². The maximum absolute atomic E-state index is 13.0. The fraction of sp³-hybridized carbons (Fsp3) is 0.364. The third-order valence-electron chi connectivity index (χ3n) is 5.30. The Hall–Kier alpha value is -3.62. The lowest BCUT2D eigenvalue weighted by Crippen LogP contribution is -2.44. The number of methoxy groups -OCH3 is 2. The SMILES string of the molecule is CCN(Cc1ccc(OC)c(OC)c1)C(=O)CN1C(=O)NC(C)(c2ccccn2)C1=O. The Balaban J connectivity index is 1.73. The van der Waals surface area contributed by atoms with Crippen LogP contribution in [0.5, 0.6) is 11.5 Å². The largest absolute Gasteiger partial charge is 0.493 e. The number of nitrogens with one attached hydrogen (secondary N) is 1. The number of carbonyl (C=O) groups is 3. The van der Waals surface area contributed by atoms with Crippen molar-refractivity contribution in [1.29, 1.82) is 0 Å². The number of rotatable bonds is 8. The molecule has 9 heteroatoms. The molecule has 0 spiro atoms. The first-order valence-corrected chi connectivity index (χ1v) is 9.88. The van der Waals surface area contributed by atoms with Gasteiger partial charge >= 0.3 is 6.03 Å². The Morgan fingerprint density at radius 3 is 2.52 bits per heavy atom. The van der Waals surface area contributed by atoms with E-state index in [2.05, 4.69) is 10.3 Å². The van der Waals surface area contributed by atoms with Crippen molar-refractivity contribution in [2.24, 2.45) is 0 Å². The fourth-order valence-corrected chi connectivity index (χ4v) is 3.48. The highest BCUT2D eigenvalue weighted by atomic mass is 16.5. The summed E-state index contributed by atoms with van der Waals surface area (Å²) < 4.78 is 10.6. The highest BCUT2D eigenvalue weighted by Gasteiger charge is 2.50. The summed E-state index contributed by atoms with van der Waals surface area (Å²) in [6, 6.07) is 9.91. The average Bonchev–Trinajstić information content (AvgIpc) is 3.01. The van der Waals surface area contributed by atoms with Crippen LogP contribution in [0.4, 0.5) is 4.79 Å². The second kappa shape index (κ2) is 9.03. The lowest BCUT2D eigenvalue weighted by Gasteiger charge is -2.24. The Morgan fingerprint density at radius 1 is 1.16 bits per heavy atom. The molecule has 3 rings (SSSR count). The molecule has 1 saturated heterocycles. The first-order chi connectivity index (χ1) is 14.8. The zero-order chi connectivity index (χ0) is 22.6. The summed E-state index contributed by atoms with van der Waals surface area (Å²) in [6.07, 6.45) is 1.55. The van der Waals surface area contributed by atoms with Crippen LogP contribution in [0, 0.1) is 0 Å². The average molecular weight is 426 g/mol. The van der Waals surface area contributed by atoms with E-state index < -0.39 is 17.5 Å². The van der Waals surface area contributed by atoms with Gasteiger partial charge in [0.25, 0.3) is 5.91 Å². The van der Waals surface area contributed by atoms with Gasteiger partial charge in [-0.15, -0.1) is 0 Å². The number of carbonyl (C=O) groups excluding carboxylic acids is 3. The molecule has 1 unspecified atom stereocenters. The molecule has 4 amide bonds. The monoisotopic (exact) mass is 426 g/mol. The first kappa shape index (κ1) is 22.1. The Morgan fingerprint density at radius 2 is 1.90 bits per heavy atom. The van der Waals surface area contributed by atoms with E-state index in [1.165, 1.54) is 0 Å². The van der Waals surface area contributed by atoms with E-state index in [1.54, 1.807) is 62.6 Å². The number of likely N-dealkylation sites (N-methyl/N-ethyl adjacent to an activating group) is 1. The van der Waals surface area contributed by atoms with Crippen LogP contribution < -0.4 is 14.8 Å². The number of urea groups is 1. The number of benzene rings is 1. The molecule has 1 fully saturated rings. The van der Waals surface area contributed by atoms with Crippen LogP contribution in [0.25, 0.3) is 0 Å². The van der Waals surface area contributed by atoms with Crippen LogP contribution in [0.3, 0.4) is 0 Å². The van der Waals surface area contributed by atoms with E-state index in [-0.39, 0.29) is 12.5 Å². The van der Waals surface area contributed by atoms with Crippen molar-refractivity contribution in [3.05, 3.63) is 53.9 Å². The van der Waals surface area contributed by atoms with Crippen molar-refractivity contribution in [2.45, 2.75) is 25.9 Å². The van der Waals surface area contributed by atoms with E-state index in [0.717, 1.165) is 10.5 Å². The number of amides is 4. The van der Waals surface area contributed by atoms with Gasteiger partial charge in [0, 0.05) is 19.3 Å². The Bertz CT molecular complexity index is 981. The number of hydrogen-bond donors (Lipinski definition) is 1. The van der Waals surface area contributed by atoms with Crippen LogP contribution in [-0.4, -0.2) is 59.9 Å². The summed E-state index contributed by atoms with van der Waals surface area (Å²) in [6.45, 7) is 3.78. The zero-order valence-electron chi connectivity index (χ0n) is 18.0. The second-order valence-corrected chi connectivity index (χ2v) is 7.26. The van der Waals surface area contributed by atoms with E-state index >= 15 is 0 Å². The molecule has 1 aliphatic heterocycles. The molecule has 1 N–H and O–H groups in total. The number of hydrogen-bond acceptors (Lipinski definition) is 6. The second-order valence-electron chi connectivity index (χ2n) is 7.26. The maximum atomic E-state index is 13.0. The summed E-state index contributed by atoms with van der Waals surface area (Å²) >= 11 is 0. The van der Waals surface area contributed by atoms with E-state index in [0.29, 0.717) is 30.3 Å². The van der Waals surface area contributed by atoms with Crippen molar-refractivity contribution in [1.82, 2.24) is 20.1 Å². The molecular formula is C22H26N4O5. The molecule has 0 radical (unpaired) electrons. The van der Waals surface area contributed by atoms with Gasteiger partial charge in [0.05, 0.1) is 19.9 Å². The molecule has 0 saturated carbocycles. The first-order valence-electron chi connectivity index (χ1n) is 9.88. The summed E-state index contributed by atoms with van der Waals surface area (Å²) in [4.78, 5) is 45.1. The molecule has 164 valence electrons. The minimum absolute atomic E-state index is 0.302. The molecule has 2 heterocycles. The van der Waals surface area contributed by atoms with Gasteiger partial charge in [-0.05, 0) is 43.7 Å². The number of pyridine rings is 1. The predicted octanol–water partition coefficient (Wildman–Crippen LogP) is 1.91. The molecule has 1 aliphatic rings. The summed E-state index contributed by atoms with van der Waals surface area (Å²) in [5.74, 6) is 0.301. The number of aromatic nitrogens is 1. The Labute approximate surface area is 180 Å². The van der Waals surface area contributed by atoms with Gasteiger partial charge in [0.2, 0.25) is 5.91 Å². The Kier molecular flexibility index (Phi) is 6.43. The fourth-order valence-electron chi connectivity index (χ4n) is 3.48. The van der Waals surface area contributed by atoms with Crippen molar-refractivity contribution in [2.75, 3.05) is 27.3 Å². The smallest absolute Gasteiger partial charge is 0.325 e. The van der Waals surface area contributed by atoms with Crippen molar-refractivity contribution < 1.29 is 23.9 Å². The van der Waals surface area contributed by atoms with Gasteiger partial charge in [-0.1, -0.05) is 12.1 Å². The summed E-state index contributed by atoms with van der Waals surface area (Å²) in [7, 11) is 3.09. The van der Waals surface area contributed by atoms with Crippen molar-refractivity contribution >= 4 is 17.8 Å². The van der Waals surface area contributed by atoms with Crippen molar-refractivity contribution in [3.8, 4) is 11.5 Å². The summed E-state index contributed by atoms with van der Waals surface area (Å²) in [5, 5.41) is 2.66. The highest BCUT2D eigenvalue weighted by molar-refractivity contribution is 6.08. The topological polar surface area (TPSA) is 101 Å². The molecule has 1 atom stereocenters. The third kappa shape index (κ3) is 4.30. The van der Waals surface area contributed by atoms with Crippen LogP contribution in [0.1, 0.15) is 25.1 Å². The van der Waals surface area contributed by atoms with Crippen LogP contribution in [-0.2, 0) is 21.7 Å². The van der Waals surface area contributed by atoms with Gasteiger partial charge in [-0.2, -0.15) is 0 Å². The number of imide groups is 1. The highest BCUT2D eigenvalue weighted by Crippen LogP contribution is 2.29. The molecule has 2 aromatic rings. The normalized spacial score (nSPS) is 18.0. The van der Waals surface area contributed by atoms with Gasteiger partial charge in [0.1, 0.15) is 6.54 Å². The number of nitrogens with zero attached hydrogens (tertiary/aromatic N) is 3. The minimum atomic E-state index is -1.31. The van der Waals surface area contributed by atoms with Crippen LogP contribution in [0.2, 0.25) is 0 Å². The van der Waals surface area contributed by atoms with Gasteiger partial charge in [-0.25, -0.2) is 4.79 Å². The molecular weight excluding hydrogens is 400 g/mol. The third-order valence-corrected chi connectivity index (χ3v) is 5.30. The van der Waals surface area contributed by atoms with Gasteiger partial charge in [0.15, 0.2) is 17.0 Å². The van der Waals surface area contributed by atoms with Gasteiger partial charge in [-0.3, -0.25) is 19.5 Å². The minimum Gasteiger partial charge on any atom is -0.493 e. The zero-order valence-corrected chi connectivity index (χ0v) is 18.0. The molecule has 0 bridgehead atoms. The summed E-state index contributed by atoms with van der Waals surface area (Å²) in [5.41, 5.74) is -0.0525. The lowest BCUT2D eigenvalue weighted by molar-refractivity contribution is -0.139. The molecule has 31 heavy (non-hydrogen) atoms. The number of ether oxygens (including phenoxy) is 2.